The van der Waals surface area contributed by atoms with Gasteiger partial charge in [-0.05, 0) is 0 Å². The summed E-state index contributed by atoms with van der Waals surface area (Å²) in [6.07, 6.45) is -20.1. The number of halogens is 12. The van der Waals surface area contributed by atoms with Gasteiger partial charge in [0.2, 0.25) is 0 Å². The standard InChI is InChI=1S/2C7H7O.4C4H6F3.O.2Sn/c2*8-6-7-4-2-1-3-5-7;4*1-2-3(5)4(6)7;;;/h2*1-5H,6H2;4*3H,2H2,1H3;;;/q2*-1;;;;;;2*+1. The van der Waals surface area contributed by atoms with Crippen LogP contribution in [0.2, 0.25) is 0 Å². The Morgan fingerprint density at radius 1 is 0.468 bits per heavy atom. The molecule has 0 heterocycles. The van der Waals surface area contributed by atoms with Crippen LogP contribution in [0.3, 0.4) is 0 Å². The van der Waals surface area contributed by atoms with Crippen molar-refractivity contribution in [2.24, 2.45) is 0 Å². The fourth-order valence-electron chi connectivity index (χ4n) is 4.73. The van der Waals surface area contributed by atoms with Gasteiger partial charge in [-0.25, -0.2) is 0 Å². The van der Waals surface area contributed by atoms with Crippen LogP contribution in [-0.2, 0) is 20.8 Å². The number of alkyl halides is 12. The molecule has 268 valence electrons. The monoisotopic (exact) mass is 914 g/mol. The van der Waals surface area contributed by atoms with Crippen molar-refractivity contribution in [3.05, 3.63) is 71.8 Å². The molecule has 2 rings (SSSR count). The van der Waals surface area contributed by atoms with Gasteiger partial charge in [0.1, 0.15) is 0 Å². The Bertz CT molecular complexity index is 1090. The van der Waals surface area contributed by atoms with E-state index in [4.69, 9.17) is 7.56 Å². The molecular weight excluding hydrogens is 874 g/mol. The molecule has 0 radical (unpaired) electrons. The molecule has 47 heavy (non-hydrogen) atoms. The molecule has 4 atom stereocenters. The fraction of sp³-hybridized carbons (Fsp3) is 0.600. The van der Waals surface area contributed by atoms with Crippen molar-refractivity contribution in [1.29, 1.82) is 0 Å². The van der Waals surface area contributed by atoms with Gasteiger partial charge >= 0.3 is 277 Å². The van der Waals surface area contributed by atoms with E-state index in [2.05, 4.69) is 0 Å². The molecule has 0 aliphatic carbocycles. The van der Waals surface area contributed by atoms with E-state index in [1.54, 1.807) is 0 Å². The Labute approximate surface area is 276 Å². The SMILES string of the molecule is CCC(F)[C](F)(F)[Sn]([O]Cc1ccccc1)([O][Sn]([O]Cc1ccccc1)([C](F)(F)C(F)CC)[C](F)(F)C(F)CC)[C](F)(F)C(F)CC. The van der Waals surface area contributed by atoms with Crippen LogP contribution in [0.1, 0.15) is 64.5 Å². The van der Waals surface area contributed by atoms with Crippen LogP contribution in [0.25, 0.3) is 0 Å². The third kappa shape index (κ3) is 8.19. The second-order valence-corrected chi connectivity index (χ2v) is 31.7. The van der Waals surface area contributed by atoms with Crippen molar-refractivity contribution in [2.45, 2.75) is 107 Å². The number of hydrogen-bond acceptors (Lipinski definition) is 3. The Morgan fingerprint density at radius 3 is 0.915 bits per heavy atom. The van der Waals surface area contributed by atoms with E-state index < -0.39 is 118 Å². The van der Waals surface area contributed by atoms with Crippen LogP contribution >= 0.6 is 0 Å². The molecule has 0 spiro atoms. The Kier molecular flexibility index (Phi) is 15.2. The molecule has 0 aliphatic heterocycles. The topological polar surface area (TPSA) is 27.7 Å². The zero-order valence-electron chi connectivity index (χ0n) is 26.1. The van der Waals surface area contributed by atoms with E-state index in [9.17, 15) is 0 Å². The van der Waals surface area contributed by atoms with E-state index in [0.29, 0.717) is 0 Å². The molecule has 0 aromatic heterocycles. The normalized spacial score (nSPS) is 18.6. The Balaban J connectivity index is 3.17. The van der Waals surface area contributed by atoms with Gasteiger partial charge in [0.05, 0.1) is 0 Å². The van der Waals surface area contributed by atoms with Crippen molar-refractivity contribution in [2.75, 3.05) is 0 Å². The van der Waals surface area contributed by atoms with E-state index in [1.165, 1.54) is 36.4 Å². The van der Waals surface area contributed by atoms with Crippen LogP contribution in [0.5, 0.6) is 0 Å². The predicted octanol–water partition coefficient (Wildman–Crippen LogP) is 10.0. The minimum absolute atomic E-state index is 0.207. The van der Waals surface area contributed by atoms with Crippen molar-refractivity contribution in [1.82, 2.24) is 0 Å². The molecular formula is C30H38F12O3Sn2. The van der Waals surface area contributed by atoms with Crippen molar-refractivity contribution >= 4 is 38.4 Å². The van der Waals surface area contributed by atoms with Crippen LogP contribution in [0, 0.1) is 0 Å². The van der Waals surface area contributed by atoms with E-state index in [1.807, 2.05) is 0 Å². The van der Waals surface area contributed by atoms with E-state index >= 15 is 52.7 Å². The van der Waals surface area contributed by atoms with Gasteiger partial charge in [0.15, 0.2) is 0 Å². The zero-order chi connectivity index (χ0) is 35.9. The summed E-state index contributed by atoms with van der Waals surface area (Å²) in [5.74, 6) is 0. The van der Waals surface area contributed by atoms with Crippen LogP contribution in [-0.4, -0.2) is 78.9 Å². The second kappa shape index (κ2) is 16.9. The van der Waals surface area contributed by atoms with Gasteiger partial charge in [-0.1, -0.05) is 0 Å². The molecule has 3 nitrogen and oxygen atoms in total. The number of rotatable bonds is 20. The summed E-state index contributed by atoms with van der Waals surface area (Å²) in [6, 6.07) is 12.4. The summed E-state index contributed by atoms with van der Waals surface area (Å²) >= 11 is -18.3. The van der Waals surface area contributed by atoms with Gasteiger partial charge in [0, 0.05) is 0 Å². The van der Waals surface area contributed by atoms with E-state index in [0.717, 1.165) is 52.0 Å². The van der Waals surface area contributed by atoms with Crippen molar-refractivity contribution in [3.8, 4) is 0 Å². The summed E-state index contributed by atoms with van der Waals surface area (Å²) in [6.45, 7) is 0.204. The first kappa shape index (κ1) is 42.2. The van der Waals surface area contributed by atoms with Gasteiger partial charge < -0.3 is 0 Å². The quantitative estimate of drug-likeness (QED) is 0.0979. The molecule has 2 aromatic rings. The molecule has 0 saturated carbocycles. The third-order valence-electron chi connectivity index (χ3n) is 7.62. The molecule has 0 saturated heterocycles. The van der Waals surface area contributed by atoms with Gasteiger partial charge in [-0.2, -0.15) is 0 Å². The molecule has 0 aliphatic rings. The number of hydrogen-bond donors (Lipinski definition) is 0. The van der Waals surface area contributed by atoms with Gasteiger partial charge in [0.25, 0.3) is 0 Å². The van der Waals surface area contributed by atoms with Gasteiger partial charge in [-0.3, -0.25) is 0 Å². The second-order valence-electron chi connectivity index (χ2n) is 10.9. The summed E-state index contributed by atoms with van der Waals surface area (Å²) in [5, 5.41) is 0. The van der Waals surface area contributed by atoms with Crippen LogP contribution in [0.15, 0.2) is 60.7 Å². The van der Waals surface area contributed by atoms with Gasteiger partial charge in [-0.15, -0.1) is 0 Å². The first-order valence-corrected chi connectivity index (χ1v) is 25.3. The number of benzene rings is 2. The summed E-state index contributed by atoms with van der Waals surface area (Å²) in [7, 11) is 0. The first-order valence-electron chi connectivity index (χ1n) is 14.9. The van der Waals surface area contributed by atoms with Crippen molar-refractivity contribution in [3.63, 3.8) is 0 Å². The van der Waals surface area contributed by atoms with Crippen molar-refractivity contribution < 1.29 is 60.2 Å². The summed E-state index contributed by atoms with van der Waals surface area (Å²) < 4.78 is 184. The summed E-state index contributed by atoms with van der Waals surface area (Å²) in [5.41, 5.74) is -0.415. The first-order chi connectivity index (χ1) is 21.8. The zero-order valence-corrected chi connectivity index (χ0v) is 31.8. The third-order valence-corrected chi connectivity index (χ3v) is 37.0. The molecule has 0 bridgehead atoms. The average molecular weight is 912 g/mol. The molecule has 2 aromatic carbocycles. The fourth-order valence-corrected chi connectivity index (χ4v) is 42.1. The average Bonchev–Trinajstić information content (AvgIpc) is 3.06. The Hall–Kier alpha value is -0.923. The molecule has 17 heteroatoms. The summed E-state index contributed by atoms with van der Waals surface area (Å²) in [4.78, 5) is 0. The van der Waals surface area contributed by atoms with Crippen LogP contribution < -0.4 is 0 Å². The van der Waals surface area contributed by atoms with E-state index in [-0.39, 0.29) is 11.1 Å². The molecule has 0 N–H and O–H groups in total. The maximum atomic E-state index is 16.4. The maximum absolute atomic E-state index is 16.4. The predicted molar refractivity (Wildman–Crippen MR) is 156 cm³/mol. The molecule has 0 fully saturated rings. The van der Waals surface area contributed by atoms with Crippen LogP contribution in [0.4, 0.5) is 52.7 Å². The molecule has 4 unspecified atom stereocenters. The molecule has 0 amide bonds. The minimum atomic E-state index is -9.14. The Morgan fingerprint density at radius 2 is 0.702 bits per heavy atom.